The Bertz CT molecular complexity index is 1980. The van der Waals surface area contributed by atoms with Crippen LogP contribution >= 0.6 is 0 Å². The summed E-state index contributed by atoms with van der Waals surface area (Å²) in [6.07, 6.45) is 7.73. The normalized spacial score (nSPS) is 23.8. The van der Waals surface area contributed by atoms with Crippen LogP contribution in [0.15, 0.2) is 101 Å². The first-order valence-electron chi connectivity index (χ1n) is 15.6. The summed E-state index contributed by atoms with van der Waals surface area (Å²) in [6, 6.07) is 19.4. The minimum atomic E-state index is -0.675. The van der Waals surface area contributed by atoms with Gasteiger partial charge in [-0.25, -0.2) is 0 Å². The Morgan fingerprint density at radius 2 is 1.66 bits per heavy atom. The Kier molecular flexibility index (Phi) is 7.51. The molecule has 7 rings (SSSR count). The number of allylic oxidation sites excluding steroid dienone is 6. The quantitative estimate of drug-likeness (QED) is 0.150. The molecule has 1 aliphatic heterocycles. The highest BCUT2D eigenvalue weighted by molar-refractivity contribution is 6.25. The summed E-state index contributed by atoms with van der Waals surface area (Å²) >= 11 is 0. The number of phenolic OH excluding ortho intramolecular Hbond substituents is 1. The summed E-state index contributed by atoms with van der Waals surface area (Å²) in [4.78, 5) is 56.2. The first-order chi connectivity index (χ1) is 22.7. The molecule has 1 heterocycles. The zero-order chi connectivity index (χ0) is 33.0. The van der Waals surface area contributed by atoms with Gasteiger partial charge in [-0.3, -0.25) is 24.1 Å². The standard InChI is InChI=1S/C39H33NO7/c1-21-17-32(42)36-31(37(21)43)20-30-28(34(36)24-5-4-6-26(41)18-24)14-15-29-35(30)39(45)40(38(29)44)25-11-8-22(9-12-25)7-10-23-19-27(46-2)13-16-33(23)47-3/h4-14,16-19,29-30,34-35,41H,15,20H2,1-3H3/t29-,30+,34-,35-/m0/s1. The largest absolute Gasteiger partial charge is 0.508 e. The number of nitrogens with zero attached hydrogens (tertiary/aromatic N) is 1. The van der Waals surface area contributed by atoms with Crippen molar-refractivity contribution in [3.05, 3.63) is 118 Å². The molecule has 0 radical (unpaired) electrons. The Labute approximate surface area is 272 Å². The number of phenols is 1. The number of imide groups is 1. The number of rotatable bonds is 6. The highest BCUT2D eigenvalue weighted by atomic mass is 16.5. The van der Waals surface area contributed by atoms with E-state index in [4.69, 9.17) is 9.47 Å². The second kappa shape index (κ2) is 11.7. The van der Waals surface area contributed by atoms with Gasteiger partial charge in [-0.2, -0.15) is 0 Å². The van der Waals surface area contributed by atoms with Crippen molar-refractivity contribution in [3.63, 3.8) is 0 Å². The number of hydrogen-bond acceptors (Lipinski definition) is 7. The average Bonchev–Trinajstić information content (AvgIpc) is 3.34. The number of ether oxygens (including phenoxy) is 2. The van der Waals surface area contributed by atoms with E-state index in [-0.39, 0.29) is 35.6 Å². The van der Waals surface area contributed by atoms with Gasteiger partial charge in [0.1, 0.15) is 17.2 Å². The summed E-state index contributed by atoms with van der Waals surface area (Å²) < 4.78 is 10.8. The summed E-state index contributed by atoms with van der Waals surface area (Å²) in [7, 11) is 3.21. The number of fused-ring (bicyclic) bond motifs is 3. The van der Waals surface area contributed by atoms with Crippen LogP contribution in [0.5, 0.6) is 17.2 Å². The van der Waals surface area contributed by atoms with Gasteiger partial charge in [-0.15, -0.1) is 0 Å². The van der Waals surface area contributed by atoms with Crippen LogP contribution in [0.2, 0.25) is 0 Å². The summed E-state index contributed by atoms with van der Waals surface area (Å²) in [5.74, 6) is -1.86. The van der Waals surface area contributed by atoms with Crippen LogP contribution in [0.25, 0.3) is 12.2 Å². The van der Waals surface area contributed by atoms with Crippen molar-refractivity contribution < 1.29 is 33.8 Å². The van der Waals surface area contributed by atoms with Crippen LogP contribution in [0.4, 0.5) is 5.69 Å². The maximum absolute atomic E-state index is 14.2. The number of hydrogen-bond donors (Lipinski definition) is 1. The number of amides is 2. The number of carbonyl (C=O) groups excluding carboxylic acids is 4. The number of Topliss-reactive ketones (excluding diaryl/α,β-unsaturated/α-hetero) is 1. The van der Waals surface area contributed by atoms with Crippen molar-refractivity contribution in [2.45, 2.75) is 25.7 Å². The molecule has 47 heavy (non-hydrogen) atoms. The van der Waals surface area contributed by atoms with E-state index in [9.17, 15) is 24.3 Å². The molecule has 3 aliphatic carbocycles. The van der Waals surface area contributed by atoms with E-state index in [1.165, 1.54) is 11.0 Å². The van der Waals surface area contributed by atoms with Gasteiger partial charge in [0, 0.05) is 28.2 Å². The molecule has 2 amide bonds. The molecule has 3 aromatic carbocycles. The monoisotopic (exact) mass is 627 g/mol. The van der Waals surface area contributed by atoms with Crippen LogP contribution in [0, 0.1) is 17.8 Å². The Morgan fingerprint density at radius 1 is 0.872 bits per heavy atom. The molecule has 1 saturated heterocycles. The molecule has 0 spiro atoms. The fraction of sp³-hybridized carbons (Fsp3) is 0.231. The lowest BCUT2D eigenvalue weighted by molar-refractivity contribution is -0.123. The third-order valence-electron chi connectivity index (χ3n) is 9.81. The highest BCUT2D eigenvalue weighted by Gasteiger charge is 2.56. The topological polar surface area (TPSA) is 110 Å². The first-order valence-corrected chi connectivity index (χ1v) is 15.6. The number of aromatic hydroxyl groups is 1. The van der Waals surface area contributed by atoms with Crippen molar-refractivity contribution in [1.29, 1.82) is 0 Å². The predicted octanol–water partition coefficient (Wildman–Crippen LogP) is 6.21. The van der Waals surface area contributed by atoms with E-state index in [1.54, 1.807) is 51.5 Å². The van der Waals surface area contributed by atoms with E-state index in [0.717, 1.165) is 16.7 Å². The molecule has 0 bridgehead atoms. The van der Waals surface area contributed by atoms with Crippen molar-refractivity contribution in [1.82, 2.24) is 0 Å². The maximum atomic E-state index is 14.2. The maximum Gasteiger partial charge on any atom is 0.238 e. The van der Waals surface area contributed by atoms with Gasteiger partial charge in [-0.1, -0.05) is 48.1 Å². The minimum absolute atomic E-state index is 0.0431. The third-order valence-corrected chi connectivity index (χ3v) is 9.81. The zero-order valence-electron chi connectivity index (χ0n) is 26.2. The minimum Gasteiger partial charge on any atom is -0.508 e. The molecule has 236 valence electrons. The second-order valence-corrected chi connectivity index (χ2v) is 12.4. The lowest BCUT2D eigenvalue weighted by atomic mass is 9.59. The van der Waals surface area contributed by atoms with Crippen LogP contribution < -0.4 is 14.4 Å². The number of ketones is 2. The second-order valence-electron chi connectivity index (χ2n) is 12.4. The van der Waals surface area contributed by atoms with Crippen LogP contribution in [-0.4, -0.2) is 42.7 Å². The summed E-state index contributed by atoms with van der Waals surface area (Å²) in [5.41, 5.74) is 4.86. The predicted molar refractivity (Wildman–Crippen MR) is 177 cm³/mol. The molecule has 1 fully saturated rings. The number of benzene rings is 3. The smallest absolute Gasteiger partial charge is 0.238 e. The van der Waals surface area contributed by atoms with Crippen LogP contribution in [0.1, 0.15) is 42.4 Å². The van der Waals surface area contributed by atoms with E-state index in [0.29, 0.717) is 45.9 Å². The molecule has 4 aliphatic rings. The fourth-order valence-electron chi connectivity index (χ4n) is 7.61. The Hall–Kier alpha value is -5.50. The summed E-state index contributed by atoms with van der Waals surface area (Å²) in [6.45, 7) is 1.63. The molecular formula is C39H33NO7. The Morgan fingerprint density at radius 3 is 2.38 bits per heavy atom. The van der Waals surface area contributed by atoms with Gasteiger partial charge in [0.15, 0.2) is 11.6 Å². The van der Waals surface area contributed by atoms with E-state index in [2.05, 4.69) is 0 Å². The van der Waals surface area contributed by atoms with Crippen LogP contribution in [0.3, 0.4) is 0 Å². The van der Waals surface area contributed by atoms with E-state index < -0.39 is 23.7 Å². The van der Waals surface area contributed by atoms with Crippen molar-refractivity contribution in [3.8, 4) is 17.2 Å². The number of anilines is 1. The lowest BCUT2D eigenvalue weighted by Crippen LogP contribution is -2.39. The molecule has 0 unspecified atom stereocenters. The van der Waals surface area contributed by atoms with Crippen LogP contribution in [-0.2, 0) is 19.2 Å². The molecule has 3 aromatic rings. The van der Waals surface area contributed by atoms with Gasteiger partial charge in [0.2, 0.25) is 11.8 Å². The summed E-state index contributed by atoms with van der Waals surface area (Å²) in [5, 5.41) is 10.3. The van der Waals surface area contributed by atoms with Crippen molar-refractivity contribution in [2.24, 2.45) is 17.8 Å². The molecule has 8 heteroatoms. The van der Waals surface area contributed by atoms with Gasteiger partial charge in [0.25, 0.3) is 0 Å². The van der Waals surface area contributed by atoms with Gasteiger partial charge in [-0.05, 0) is 85.4 Å². The van der Waals surface area contributed by atoms with Gasteiger partial charge >= 0.3 is 0 Å². The SMILES string of the molecule is COc1ccc(OC)c(C=Cc2ccc(N3C(=O)[C@H]4[C@H](CC=C5[C@H](c6cccc(O)c6)C6=C(C[C@H]54)C(=O)C(C)=CC6=O)C3=O)cc2)c1. The fourth-order valence-corrected chi connectivity index (χ4v) is 7.61. The molecule has 4 atom stereocenters. The highest BCUT2D eigenvalue weighted by Crippen LogP contribution is 2.55. The molecular weight excluding hydrogens is 594 g/mol. The third kappa shape index (κ3) is 5.01. The molecule has 1 N–H and O–H groups in total. The zero-order valence-corrected chi connectivity index (χ0v) is 26.2. The van der Waals surface area contributed by atoms with E-state index >= 15 is 0 Å². The van der Waals surface area contributed by atoms with Gasteiger partial charge in [0.05, 0.1) is 31.7 Å². The molecule has 0 saturated carbocycles. The van der Waals surface area contributed by atoms with Gasteiger partial charge < -0.3 is 14.6 Å². The first kappa shape index (κ1) is 30.2. The van der Waals surface area contributed by atoms with Crippen molar-refractivity contribution in [2.75, 3.05) is 19.1 Å². The average molecular weight is 628 g/mol. The number of carbonyl (C=O) groups is 4. The Balaban J connectivity index is 1.20. The lowest BCUT2D eigenvalue weighted by Gasteiger charge is -2.42. The number of methoxy groups -OCH3 is 2. The molecule has 8 nitrogen and oxygen atoms in total. The van der Waals surface area contributed by atoms with Crippen molar-refractivity contribution >= 4 is 41.2 Å². The van der Waals surface area contributed by atoms with E-state index in [1.807, 2.05) is 54.6 Å². The molecule has 0 aromatic heterocycles.